The lowest BCUT2D eigenvalue weighted by atomic mass is 10.1. The van der Waals surface area contributed by atoms with E-state index in [9.17, 15) is 18.0 Å². The SMILES string of the molecule is CC[C@H](C)NC(=O)[C@H](C)N(Cc1ccccc1)C(=O)CN(c1cc(Cl)ccc1OC)S(=O)(=O)c1ccccc1. The van der Waals surface area contributed by atoms with Crippen LogP contribution in [0.5, 0.6) is 5.75 Å². The third-order valence-electron chi connectivity index (χ3n) is 6.38. The molecule has 1 N–H and O–H groups in total. The number of carbonyl (C=O) groups excluding carboxylic acids is 2. The van der Waals surface area contributed by atoms with Gasteiger partial charge in [-0.1, -0.05) is 67.1 Å². The summed E-state index contributed by atoms with van der Waals surface area (Å²) in [4.78, 5) is 28.4. The monoisotopic (exact) mass is 571 g/mol. The highest BCUT2D eigenvalue weighted by molar-refractivity contribution is 7.92. The predicted molar refractivity (Wildman–Crippen MR) is 153 cm³/mol. The lowest BCUT2D eigenvalue weighted by Gasteiger charge is -2.32. The van der Waals surface area contributed by atoms with Gasteiger partial charge in [-0.15, -0.1) is 0 Å². The summed E-state index contributed by atoms with van der Waals surface area (Å²) in [6.45, 7) is 5.00. The number of ether oxygens (including phenoxy) is 1. The molecule has 3 aromatic carbocycles. The minimum atomic E-state index is -4.23. The Morgan fingerprint density at radius 2 is 1.59 bits per heavy atom. The van der Waals surface area contributed by atoms with Crippen molar-refractivity contribution in [1.29, 1.82) is 0 Å². The Bertz CT molecular complexity index is 1370. The van der Waals surface area contributed by atoms with Crippen molar-refractivity contribution in [3.63, 3.8) is 0 Å². The van der Waals surface area contributed by atoms with Crippen molar-refractivity contribution < 1.29 is 22.7 Å². The fraction of sp³-hybridized carbons (Fsp3) is 0.310. The molecule has 0 spiro atoms. The number of benzene rings is 3. The number of sulfonamides is 1. The summed E-state index contributed by atoms with van der Waals surface area (Å²) in [5, 5.41) is 3.19. The van der Waals surface area contributed by atoms with Gasteiger partial charge < -0.3 is 15.0 Å². The Morgan fingerprint density at radius 1 is 0.974 bits per heavy atom. The molecule has 0 heterocycles. The second kappa shape index (κ2) is 13.5. The number of rotatable bonds is 12. The van der Waals surface area contributed by atoms with Crippen molar-refractivity contribution in [2.75, 3.05) is 18.0 Å². The van der Waals surface area contributed by atoms with Crippen LogP contribution in [0.25, 0.3) is 0 Å². The molecule has 2 amide bonds. The molecule has 8 nitrogen and oxygen atoms in total. The van der Waals surface area contributed by atoms with Gasteiger partial charge in [-0.25, -0.2) is 8.42 Å². The minimum absolute atomic E-state index is 0.00278. The molecule has 3 aromatic rings. The van der Waals surface area contributed by atoms with E-state index in [4.69, 9.17) is 16.3 Å². The van der Waals surface area contributed by atoms with E-state index >= 15 is 0 Å². The quantitative estimate of drug-likeness (QED) is 0.334. The van der Waals surface area contributed by atoms with E-state index in [2.05, 4.69) is 5.32 Å². The third-order valence-corrected chi connectivity index (χ3v) is 8.39. The Kier molecular flexibility index (Phi) is 10.4. The van der Waals surface area contributed by atoms with E-state index in [1.54, 1.807) is 37.3 Å². The van der Waals surface area contributed by atoms with Gasteiger partial charge >= 0.3 is 0 Å². The molecule has 0 saturated carbocycles. The van der Waals surface area contributed by atoms with Crippen molar-refractivity contribution in [2.45, 2.75) is 50.7 Å². The largest absolute Gasteiger partial charge is 0.495 e. The molecule has 0 aliphatic heterocycles. The summed E-state index contributed by atoms with van der Waals surface area (Å²) in [6.07, 6.45) is 0.725. The number of anilines is 1. The second-order valence-corrected chi connectivity index (χ2v) is 11.4. The van der Waals surface area contributed by atoms with E-state index in [0.29, 0.717) is 0 Å². The summed E-state index contributed by atoms with van der Waals surface area (Å²) < 4.78 is 34.2. The summed E-state index contributed by atoms with van der Waals surface area (Å²) >= 11 is 6.25. The number of nitrogens with one attached hydrogen (secondary N) is 1. The van der Waals surface area contributed by atoms with Crippen molar-refractivity contribution in [3.05, 3.63) is 89.4 Å². The second-order valence-electron chi connectivity index (χ2n) is 9.14. The lowest BCUT2D eigenvalue weighted by molar-refractivity contribution is -0.139. The molecule has 0 unspecified atom stereocenters. The van der Waals surface area contributed by atoms with Crippen molar-refractivity contribution >= 4 is 39.1 Å². The van der Waals surface area contributed by atoms with Crippen molar-refractivity contribution in [1.82, 2.24) is 10.2 Å². The first-order valence-electron chi connectivity index (χ1n) is 12.6. The highest BCUT2D eigenvalue weighted by Gasteiger charge is 2.34. The maximum absolute atomic E-state index is 14.0. The van der Waals surface area contributed by atoms with Crippen molar-refractivity contribution in [2.24, 2.45) is 0 Å². The molecule has 2 atom stereocenters. The van der Waals surface area contributed by atoms with Crippen LogP contribution < -0.4 is 14.4 Å². The van der Waals surface area contributed by atoms with E-state index in [1.165, 1.54) is 30.2 Å². The minimum Gasteiger partial charge on any atom is -0.495 e. The topological polar surface area (TPSA) is 96.0 Å². The van der Waals surface area contributed by atoms with Gasteiger partial charge in [0.05, 0.1) is 17.7 Å². The first-order chi connectivity index (χ1) is 18.6. The Morgan fingerprint density at radius 3 is 2.18 bits per heavy atom. The number of carbonyl (C=O) groups is 2. The van der Waals surface area contributed by atoms with Crippen LogP contribution in [0, 0.1) is 0 Å². The zero-order chi connectivity index (χ0) is 28.6. The molecule has 0 aliphatic rings. The fourth-order valence-corrected chi connectivity index (χ4v) is 5.52. The average molecular weight is 572 g/mol. The Labute approximate surface area is 235 Å². The molecule has 0 aliphatic carbocycles. The smallest absolute Gasteiger partial charge is 0.264 e. The van der Waals surface area contributed by atoms with Gasteiger partial charge in [0, 0.05) is 17.6 Å². The number of halogens is 1. The fourth-order valence-electron chi connectivity index (χ4n) is 3.92. The maximum atomic E-state index is 14.0. The molecule has 0 aromatic heterocycles. The third kappa shape index (κ3) is 7.52. The molecule has 0 fully saturated rings. The predicted octanol–water partition coefficient (Wildman–Crippen LogP) is 4.88. The zero-order valence-electron chi connectivity index (χ0n) is 22.5. The highest BCUT2D eigenvalue weighted by atomic mass is 35.5. The van der Waals surface area contributed by atoms with Gasteiger partial charge in [-0.2, -0.15) is 0 Å². The van der Waals surface area contributed by atoms with Crippen LogP contribution in [0.1, 0.15) is 32.8 Å². The number of nitrogens with zero attached hydrogens (tertiary/aromatic N) is 2. The van der Waals surface area contributed by atoms with Crippen LogP contribution in [0.3, 0.4) is 0 Å². The standard InChI is InChI=1S/C29H34ClN3O5S/c1-5-21(2)31-29(35)22(3)32(19-23-12-8-6-9-13-23)28(34)20-33(26-18-24(30)16-17-27(26)38-4)39(36,37)25-14-10-7-11-15-25/h6-18,21-22H,5,19-20H2,1-4H3,(H,31,35)/t21-,22-/m0/s1. The maximum Gasteiger partial charge on any atom is 0.264 e. The van der Waals surface area contributed by atoms with Gasteiger partial charge in [0.25, 0.3) is 10.0 Å². The van der Waals surface area contributed by atoms with E-state index in [1.807, 2.05) is 44.2 Å². The average Bonchev–Trinajstić information content (AvgIpc) is 2.94. The van der Waals surface area contributed by atoms with Crippen LogP contribution in [-0.2, 0) is 26.2 Å². The van der Waals surface area contributed by atoms with Gasteiger partial charge in [0.2, 0.25) is 11.8 Å². The lowest BCUT2D eigenvalue weighted by Crippen LogP contribution is -2.52. The summed E-state index contributed by atoms with van der Waals surface area (Å²) in [7, 11) is -2.82. The van der Waals surface area contributed by atoms with E-state index in [0.717, 1.165) is 16.3 Å². The normalized spacial score (nSPS) is 12.7. The molecular weight excluding hydrogens is 538 g/mol. The molecule has 39 heavy (non-hydrogen) atoms. The van der Waals surface area contributed by atoms with Gasteiger partial charge in [0.15, 0.2) is 0 Å². The van der Waals surface area contributed by atoms with Crippen LogP contribution in [-0.4, -0.2) is 50.9 Å². The van der Waals surface area contributed by atoms with E-state index in [-0.39, 0.29) is 39.8 Å². The summed E-state index contributed by atoms with van der Waals surface area (Å²) in [5.74, 6) is -0.664. The zero-order valence-corrected chi connectivity index (χ0v) is 24.1. The summed E-state index contributed by atoms with van der Waals surface area (Å²) in [6, 6.07) is 20.6. The Balaban J connectivity index is 2.07. The molecule has 0 radical (unpaired) electrons. The first-order valence-corrected chi connectivity index (χ1v) is 14.4. The molecule has 3 rings (SSSR count). The van der Waals surface area contributed by atoms with Gasteiger partial charge in [0.1, 0.15) is 18.3 Å². The molecule has 208 valence electrons. The molecule has 0 bridgehead atoms. The van der Waals surface area contributed by atoms with Crippen LogP contribution in [0.4, 0.5) is 5.69 Å². The van der Waals surface area contributed by atoms with Crippen LogP contribution in [0.15, 0.2) is 83.8 Å². The first kappa shape index (κ1) is 30.0. The number of hydrogen-bond donors (Lipinski definition) is 1. The molecular formula is C29H34ClN3O5S. The molecule has 10 heteroatoms. The molecule has 0 saturated heterocycles. The highest BCUT2D eigenvalue weighted by Crippen LogP contribution is 2.35. The van der Waals surface area contributed by atoms with E-state index < -0.39 is 28.5 Å². The number of amides is 2. The summed E-state index contributed by atoms with van der Waals surface area (Å²) in [5.41, 5.74) is 0.908. The van der Waals surface area contributed by atoms with Gasteiger partial charge in [-0.05, 0) is 56.2 Å². The Hall–Kier alpha value is -3.56. The van der Waals surface area contributed by atoms with Crippen LogP contribution >= 0.6 is 11.6 Å². The number of methoxy groups -OCH3 is 1. The van der Waals surface area contributed by atoms with Crippen molar-refractivity contribution in [3.8, 4) is 5.75 Å². The number of hydrogen-bond acceptors (Lipinski definition) is 5. The van der Waals surface area contributed by atoms with Crippen LogP contribution in [0.2, 0.25) is 5.02 Å². The van der Waals surface area contributed by atoms with Gasteiger partial charge in [-0.3, -0.25) is 13.9 Å².